The van der Waals surface area contributed by atoms with Crippen LogP contribution in [0.15, 0.2) is 18.3 Å². The standard InChI is InChI=1S/C9H9ClFNO/c10-9-5-7(3-1-2-4-13)8(11)6-12-9/h1,3,5-6,13H,2,4H2. The number of aromatic nitrogens is 1. The summed E-state index contributed by atoms with van der Waals surface area (Å²) in [6.45, 7) is 0.0525. The Labute approximate surface area is 80.7 Å². The van der Waals surface area contributed by atoms with E-state index in [1.165, 1.54) is 6.07 Å². The van der Waals surface area contributed by atoms with Crippen molar-refractivity contribution in [3.8, 4) is 0 Å². The first-order chi connectivity index (χ1) is 6.24. The van der Waals surface area contributed by atoms with E-state index >= 15 is 0 Å². The highest BCUT2D eigenvalue weighted by Crippen LogP contribution is 2.13. The normalized spacial score (nSPS) is 11.0. The number of pyridine rings is 1. The van der Waals surface area contributed by atoms with Crippen molar-refractivity contribution in [2.75, 3.05) is 6.61 Å². The lowest BCUT2D eigenvalue weighted by molar-refractivity contribution is 0.303. The molecule has 1 aromatic heterocycles. The third-order valence-corrected chi connectivity index (χ3v) is 1.65. The van der Waals surface area contributed by atoms with Crippen LogP contribution in [0.5, 0.6) is 0 Å². The largest absolute Gasteiger partial charge is 0.396 e. The fourth-order valence-electron chi connectivity index (χ4n) is 0.840. The van der Waals surface area contributed by atoms with Crippen molar-refractivity contribution >= 4 is 17.7 Å². The van der Waals surface area contributed by atoms with Crippen LogP contribution in [-0.2, 0) is 0 Å². The van der Waals surface area contributed by atoms with E-state index in [2.05, 4.69) is 4.98 Å². The fraction of sp³-hybridized carbons (Fsp3) is 0.222. The topological polar surface area (TPSA) is 33.1 Å². The van der Waals surface area contributed by atoms with E-state index in [1.54, 1.807) is 12.2 Å². The van der Waals surface area contributed by atoms with E-state index in [4.69, 9.17) is 16.7 Å². The van der Waals surface area contributed by atoms with Crippen LogP contribution in [0.1, 0.15) is 12.0 Å². The van der Waals surface area contributed by atoms with Crippen molar-refractivity contribution in [3.63, 3.8) is 0 Å². The minimum atomic E-state index is -0.418. The zero-order valence-electron chi connectivity index (χ0n) is 6.87. The van der Waals surface area contributed by atoms with Gasteiger partial charge in [0.15, 0.2) is 0 Å². The second-order valence-corrected chi connectivity index (χ2v) is 2.83. The van der Waals surface area contributed by atoms with Crippen LogP contribution >= 0.6 is 11.6 Å². The molecule has 1 heterocycles. The van der Waals surface area contributed by atoms with Gasteiger partial charge in [-0.2, -0.15) is 0 Å². The molecule has 1 aromatic rings. The number of hydrogen-bond donors (Lipinski definition) is 1. The zero-order chi connectivity index (χ0) is 9.68. The van der Waals surface area contributed by atoms with Crippen LogP contribution in [0.2, 0.25) is 5.15 Å². The average Bonchev–Trinajstić information content (AvgIpc) is 2.11. The van der Waals surface area contributed by atoms with E-state index in [-0.39, 0.29) is 11.8 Å². The number of rotatable bonds is 3. The summed E-state index contributed by atoms with van der Waals surface area (Å²) in [5, 5.41) is 8.74. The van der Waals surface area contributed by atoms with Crippen molar-refractivity contribution in [2.45, 2.75) is 6.42 Å². The number of halogens is 2. The zero-order valence-corrected chi connectivity index (χ0v) is 7.63. The molecule has 70 valence electrons. The fourth-order valence-corrected chi connectivity index (χ4v) is 1.01. The van der Waals surface area contributed by atoms with Crippen LogP contribution in [-0.4, -0.2) is 16.7 Å². The molecule has 1 rings (SSSR count). The first-order valence-corrected chi connectivity index (χ1v) is 4.20. The van der Waals surface area contributed by atoms with Crippen LogP contribution in [0.3, 0.4) is 0 Å². The second kappa shape index (κ2) is 4.94. The van der Waals surface area contributed by atoms with Gasteiger partial charge in [-0.1, -0.05) is 23.8 Å². The van der Waals surface area contributed by atoms with Gasteiger partial charge in [0, 0.05) is 12.2 Å². The molecule has 1 N–H and O–H groups in total. The molecule has 0 fully saturated rings. The summed E-state index contributed by atoms with van der Waals surface area (Å²) in [6, 6.07) is 1.44. The van der Waals surface area contributed by atoms with Gasteiger partial charge in [-0.3, -0.25) is 0 Å². The van der Waals surface area contributed by atoms with Crippen LogP contribution < -0.4 is 0 Å². The van der Waals surface area contributed by atoms with Gasteiger partial charge >= 0.3 is 0 Å². The Morgan fingerprint density at radius 3 is 3.08 bits per heavy atom. The maximum absolute atomic E-state index is 13.0. The van der Waals surface area contributed by atoms with Crippen molar-refractivity contribution in [2.24, 2.45) is 0 Å². The first kappa shape index (κ1) is 10.2. The van der Waals surface area contributed by atoms with Crippen molar-refractivity contribution < 1.29 is 9.50 Å². The lowest BCUT2D eigenvalue weighted by atomic mass is 10.2. The maximum Gasteiger partial charge on any atom is 0.148 e. The number of nitrogens with zero attached hydrogens (tertiary/aromatic N) is 1. The summed E-state index contributed by atoms with van der Waals surface area (Å²) in [4.78, 5) is 3.57. The predicted molar refractivity (Wildman–Crippen MR) is 49.9 cm³/mol. The molecule has 0 aliphatic rings. The lowest BCUT2D eigenvalue weighted by Gasteiger charge is -1.96. The Kier molecular flexibility index (Phi) is 3.86. The summed E-state index contributed by atoms with van der Waals surface area (Å²) >= 11 is 5.57. The molecule has 0 atom stereocenters. The van der Waals surface area contributed by atoms with Gasteiger partial charge < -0.3 is 5.11 Å². The van der Waals surface area contributed by atoms with Crippen molar-refractivity contribution in [1.82, 2.24) is 4.98 Å². The SMILES string of the molecule is OCCC=Cc1cc(Cl)ncc1F. The van der Waals surface area contributed by atoms with Crippen LogP contribution in [0.25, 0.3) is 6.08 Å². The van der Waals surface area contributed by atoms with E-state index in [1.807, 2.05) is 0 Å². The molecule has 0 spiro atoms. The molecule has 0 aromatic carbocycles. The molecule has 0 aliphatic heterocycles. The molecule has 0 aliphatic carbocycles. The quantitative estimate of drug-likeness (QED) is 0.762. The number of aliphatic hydroxyl groups is 1. The van der Waals surface area contributed by atoms with Crippen LogP contribution in [0.4, 0.5) is 4.39 Å². The smallest absolute Gasteiger partial charge is 0.148 e. The highest BCUT2D eigenvalue weighted by atomic mass is 35.5. The molecule has 13 heavy (non-hydrogen) atoms. The monoisotopic (exact) mass is 201 g/mol. The lowest BCUT2D eigenvalue weighted by Crippen LogP contribution is -1.85. The third-order valence-electron chi connectivity index (χ3n) is 1.44. The van der Waals surface area contributed by atoms with Gasteiger partial charge in [-0.15, -0.1) is 0 Å². The van der Waals surface area contributed by atoms with Gasteiger partial charge in [0.2, 0.25) is 0 Å². The van der Waals surface area contributed by atoms with Gasteiger partial charge in [-0.25, -0.2) is 9.37 Å². The summed E-state index contributed by atoms with van der Waals surface area (Å²) in [7, 11) is 0. The Morgan fingerprint density at radius 1 is 1.62 bits per heavy atom. The molecular weight excluding hydrogens is 193 g/mol. The molecule has 0 amide bonds. The predicted octanol–water partition coefficient (Wildman–Crippen LogP) is 2.27. The van der Waals surface area contributed by atoms with E-state index in [0.29, 0.717) is 12.0 Å². The van der Waals surface area contributed by atoms with Gasteiger partial charge in [0.1, 0.15) is 11.0 Å². The summed E-state index contributed by atoms with van der Waals surface area (Å²) in [6.07, 6.45) is 4.81. The minimum absolute atomic E-state index is 0.0525. The van der Waals surface area contributed by atoms with E-state index < -0.39 is 5.82 Å². The van der Waals surface area contributed by atoms with Gasteiger partial charge in [-0.05, 0) is 12.5 Å². The molecule has 0 saturated heterocycles. The van der Waals surface area contributed by atoms with Gasteiger partial charge in [0.25, 0.3) is 0 Å². The third kappa shape index (κ3) is 3.13. The van der Waals surface area contributed by atoms with Crippen molar-refractivity contribution in [3.05, 3.63) is 34.9 Å². The van der Waals surface area contributed by atoms with E-state index in [0.717, 1.165) is 6.20 Å². The molecule has 0 radical (unpaired) electrons. The van der Waals surface area contributed by atoms with E-state index in [9.17, 15) is 4.39 Å². The summed E-state index contributed by atoms with van der Waals surface area (Å²) < 4.78 is 13.0. The number of aliphatic hydroxyl groups excluding tert-OH is 1. The highest BCUT2D eigenvalue weighted by Gasteiger charge is 1.99. The highest BCUT2D eigenvalue weighted by molar-refractivity contribution is 6.29. The van der Waals surface area contributed by atoms with Gasteiger partial charge in [0.05, 0.1) is 6.20 Å². The summed E-state index contributed by atoms with van der Waals surface area (Å²) in [5.41, 5.74) is 0.383. The molecule has 0 saturated carbocycles. The average molecular weight is 202 g/mol. The van der Waals surface area contributed by atoms with Crippen LogP contribution in [0, 0.1) is 5.82 Å². The Bertz CT molecular complexity index is 314. The molecule has 2 nitrogen and oxygen atoms in total. The maximum atomic E-state index is 13.0. The number of hydrogen-bond acceptors (Lipinski definition) is 2. The second-order valence-electron chi connectivity index (χ2n) is 2.44. The molecule has 0 bridgehead atoms. The molecular formula is C9H9ClFNO. The van der Waals surface area contributed by atoms with Crippen molar-refractivity contribution in [1.29, 1.82) is 0 Å². The first-order valence-electron chi connectivity index (χ1n) is 3.82. The summed E-state index contributed by atoms with van der Waals surface area (Å²) in [5.74, 6) is -0.418. The Morgan fingerprint density at radius 2 is 2.38 bits per heavy atom. The minimum Gasteiger partial charge on any atom is -0.396 e. The Hall–Kier alpha value is -0.930. The molecule has 4 heteroatoms. The molecule has 0 unspecified atom stereocenters. The Balaban J connectivity index is 2.81.